The summed E-state index contributed by atoms with van der Waals surface area (Å²) in [7, 11) is 0. The molecule has 0 fully saturated rings. The molecule has 0 aliphatic heterocycles. The lowest BCUT2D eigenvalue weighted by Crippen LogP contribution is -1.99. The molecule has 0 saturated carbocycles. The van der Waals surface area contributed by atoms with Crippen LogP contribution in [0.15, 0.2) is 24.5 Å². The zero-order chi connectivity index (χ0) is 14.4. The van der Waals surface area contributed by atoms with Crippen LogP contribution in [-0.4, -0.2) is 14.5 Å². The zero-order valence-corrected chi connectivity index (χ0v) is 12.5. The molecule has 0 saturated heterocycles. The van der Waals surface area contributed by atoms with Gasteiger partial charge in [-0.15, -0.1) is 0 Å². The maximum Gasteiger partial charge on any atom is 0.150 e. The van der Waals surface area contributed by atoms with Crippen molar-refractivity contribution < 1.29 is 0 Å². The SMILES string of the molecule is Cc1c(C)n(-c2ccc(Cl)c(Cl)c2)c2ncnc(N)c12. The van der Waals surface area contributed by atoms with Gasteiger partial charge in [0.15, 0.2) is 5.65 Å². The van der Waals surface area contributed by atoms with E-state index < -0.39 is 0 Å². The lowest BCUT2D eigenvalue weighted by molar-refractivity contribution is 1.01. The predicted molar refractivity (Wildman–Crippen MR) is 82.8 cm³/mol. The van der Waals surface area contributed by atoms with Gasteiger partial charge in [-0.2, -0.15) is 0 Å². The summed E-state index contributed by atoms with van der Waals surface area (Å²) in [6.45, 7) is 4.02. The summed E-state index contributed by atoms with van der Waals surface area (Å²) in [5.41, 5.74) is 9.73. The summed E-state index contributed by atoms with van der Waals surface area (Å²) in [6.07, 6.45) is 1.46. The van der Waals surface area contributed by atoms with Gasteiger partial charge in [0.1, 0.15) is 12.1 Å². The Morgan fingerprint density at radius 1 is 1.10 bits per heavy atom. The summed E-state index contributed by atoms with van der Waals surface area (Å²) in [5.74, 6) is 0.481. The van der Waals surface area contributed by atoms with E-state index in [9.17, 15) is 0 Å². The minimum Gasteiger partial charge on any atom is -0.383 e. The molecule has 0 unspecified atom stereocenters. The lowest BCUT2D eigenvalue weighted by atomic mass is 10.2. The average Bonchev–Trinajstić information content (AvgIpc) is 2.67. The molecule has 20 heavy (non-hydrogen) atoms. The second-order valence-corrected chi connectivity index (χ2v) is 5.42. The Bertz CT molecular complexity index is 824. The Labute approximate surface area is 126 Å². The molecule has 2 heterocycles. The third kappa shape index (κ3) is 1.84. The number of benzene rings is 1. The molecule has 0 bridgehead atoms. The van der Waals surface area contributed by atoms with Gasteiger partial charge in [0.05, 0.1) is 15.4 Å². The monoisotopic (exact) mass is 306 g/mol. The van der Waals surface area contributed by atoms with Crippen molar-refractivity contribution in [1.82, 2.24) is 14.5 Å². The van der Waals surface area contributed by atoms with Crippen LogP contribution in [0.4, 0.5) is 5.82 Å². The number of hydrogen-bond donors (Lipinski definition) is 1. The van der Waals surface area contributed by atoms with E-state index in [0.717, 1.165) is 28.0 Å². The molecule has 0 spiro atoms. The lowest BCUT2D eigenvalue weighted by Gasteiger charge is -2.09. The van der Waals surface area contributed by atoms with E-state index in [1.165, 1.54) is 6.33 Å². The van der Waals surface area contributed by atoms with Gasteiger partial charge in [-0.25, -0.2) is 9.97 Å². The molecule has 1 aromatic carbocycles. The predicted octanol–water partition coefficient (Wildman–Crippen LogP) is 3.93. The van der Waals surface area contributed by atoms with Gasteiger partial charge in [-0.05, 0) is 37.6 Å². The highest BCUT2D eigenvalue weighted by Crippen LogP contribution is 2.32. The van der Waals surface area contributed by atoms with Crippen molar-refractivity contribution in [2.75, 3.05) is 5.73 Å². The van der Waals surface area contributed by atoms with Crippen LogP contribution in [0.3, 0.4) is 0 Å². The maximum absolute atomic E-state index is 6.10. The summed E-state index contributed by atoms with van der Waals surface area (Å²) < 4.78 is 2.00. The molecular formula is C14H12Cl2N4. The van der Waals surface area contributed by atoms with Crippen LogP contribution >= 0.6 is 23.2 Å². The standard InChI is InChI=1S/C14H12Cl2N4/c1-7-8(2)20(9-3-4-10(15)11(16)5-9)14-12(7)13(17)18-6-19-14/h3-6H,1-2H3,(H2,17,18,19). The Balaban J connectivity index is 2.39. The van der Waals surface area contributed by atoms with E-state index in [2.05, 4.69) is 9.97 Å². The molecule has 0 aliphatic carbocycles. The molecule has 3 aromatic rings. The second kappa shape index (κ2) is 4.65. The van der Waals surface area contributed by atoms with Crippen molar-refractivity contribution in [3.63, 3.8) is 0 Å². The van der Waals surface area contributed by atoms with E-state index in [0.29, 0.717) is 15.9 Å². The van der Waals surface area contributed by atoms with Crippen LogP contribution in [0.2, 0.25) is 10.0 Å². The van der Waals surface area contributed by atoms with Crippen molar-refractivity contribution in [3.05, 3.63) is 45.8 Å². The molecule has 0 atom stereocenters. The second-order valence-electron chi connectivity index (χ2n) is 4.60. The number of halogens is 2. The van der Waals surface area contributed by atoms with E-state index in [4.69, 9.17) is 28.9 Å². The van der Waals surface area contributed by atoms with Gasteiger partial charge < -0.3 is 5.73 Å². The zero-order valence-electron chi connectivity index (χ0n) is 11.0. The topological polar surface area (TPSA) is 56.7 Å². The first-order chi connectivity index (χ1) is 9.50. The van der Waals surface area contributed by atoms with Crippen molar-refractivity contribution in [3.8, 4) is 5.69 Å². The van der Waals surface area contributed by atoms with Crippen LogP contribution in [0.1, 0.15) is 11.3 Å². The van der Waals surface area contributed by atoms with Gasteiger partial charge in [0, 0.05) is 11.4 Å². The number of anilines is 1. The van der Waals surface area contributed by atoms with Crippen LogP contribution in [0.5, 0.6) is 0 Å². The summed E-state index contributed by atoms with van der Waals surface area (Å²) in [6, 6.07) is 5.48. The molecule has 2 N–H and O–H groups in total. The number of hydrogen-bond acceptors (Lipinski definition) is 3. The van der Waals surface area contributed by atoms with Crippen molar-refractivity contribution in [1.29, 1.82) is 0 Å². The number of fused-ring (bicyclic) bond motifs is 1. The molecule has 102 valence electrons. The Morgan fingerprint density at radius 2 is 1.85 bits per heavy atom. The fourth-order valence-electron chi connectivity index (χ4n) is 2.37. The molecule has 4 nitrogen and oxygen atoms in total. The van der Waals surface area contributed by atoms with Gasteiger partial charge in [-0.1, -0.05) is 23.2 Å². The minimum atomic E-state index is 0.481. The highest BCUT2D eigenvalue weighted by Gasteiger charge is 2.16. The van der Waals surface area contributed by atoms with Gasteiger partial charge in [0.25, 0.3) is 0 Å². The summed E-state index contributed by atoms with van der Waals surface area (Å²) in [4.78, 5) is 8.40. The van der Waals surface area contributed by atoms with E-state index in [1.807, 2.05) is 30.5 Å². The number of aromatic nitrogens is 3. The summed E-state index contributed by atoms with van der Waals surface area (Å²) in [5, 5.41) is 1.90. The smallest absolute Gasteiger partial charge is 0.150 e. The van der Waals surface area contributed by atoms with E-state index in [1.54, 1.807) is 6.07 Å². The number of rotatable bonds is 1. The third-order valence-corrected chi connectivity index (χ3v) is 4.22. The first-order valence-electron chi connectivity index (χ1n) is 6.04. The van der Waals surface area contributed by atoms with E-state index in [-0.39, 0.29) is 0 Å². The van der Waals surface area contributed by atoms with Crippen molar-refractivity contribution in [2.45, 2.75) is 13.8 Å². The Morgan fingerprint density at radius 3 is 2.55 bits per heavy atom. The Kier molecular flexibility index (Phi) is 3.07. The molecule has 0 aliphatic rings. The summed E-state index contributed by atoms with van der Waals surface area (Å²) >= 11 is 12.1. The molecular weight excluding hydrogens is 295 g/mol. The van der Waals surface area contributed by atoms with Gasteiger partial charge in [0.2, 0.25) is 0 Å². The average molecular weight is 307 g/mol. The first-order valence-corrected chi connectivity index (χ1v) is 6.80. The fourth-order valence-corrected chi connectivity index (χ4v) is 2.66. The number of nitrogens with two attached hydrogens (primary N) is 1. The molecule has 6 heteroatoms. The number of nitrogens with zero attached hydrogens (tertiary/aromatic N) is 3. The normalized spacial score (nSPS) is 11.2. The highest BCUT2D eigenvalue weighted by molar-refractivity contribution is 6.42. The third-order valence-electron chi connectivity index (χ3n) is 3.48. The number of nitrogen functional groups attached to an aromatic ring is 1. The molecule has 0 amide bonds. The van der Waals surface area contributed by atoms with Crippen molar-refractivity contribution in [2.24, 2.45) is 0 Å². The maximum atomic E-state index is 6.10. The van der Waals surface area contributed by atoms with Gasteiger partial charge >= 0.3 is 0 Å². The van der Waals surface area contributed by atoms with E-state index >= 15 is 0 Å². The van der Waals surface area contributed by atoms with Gasteiger partial charge in [-0.3, -0.25) is 4.57 Å². The largest absolute Gasteiger partial charge is 0.383 e. The molecule has 3 rings (SSSR count). The molecule has 0 radical (unpaired) electrons. The quantitative estimate of drug-likeness (QED) is 0.741. The molecule has 2 aromatic heterocycles. The first kappa shape index (κ1) is 13.2. The van der Waals surface area contributed by atoms with Crippen LogP contribution in [0, 0.1) is 13.8 Å². The van der Waals surface area contributed by atoms with Crippen LogP contribution in [0.25, 0.3) is 16.7 Å². The van der Waals surface area contributed by atoms with Crippen LogP contribution < -0.4 is 5.73 Å². The Hall–Kier alpha value is -1.78. The van der Waals surface area contributed by atoms with Crippen LogP contribution in [-0.2, 0) is 0 Å². The minimum absolute atomic E-state index is 0.481. The fraction of sp³-hybridized carbons (Fsp3) is 0.143. The number of aryl methyl sites for hydroxylation is 1. The highest BCUT2D eigenvalue weighted by atomic mass is 35.5. The van der Waals surface area contributed by atoms with Crippen molar-refractivity contribution >= 4 is 40.1 Å².